The number of methoxy groups -OCH3 is 1. The molecule has 2 rings (SSSR count). The van der Waals surface area contributed by atoms with Gasteiger partial charge in [-0.25, -0.2) is 4.98 Å². The highest BCUT2D eigenvalue weighted by atomic mass is 16.5. The molecule has 0 aliphatic carbocycles. The molecule has 0 aliphatic rings. The maximum absolute atomic E-state index is 12.3. The number of amides is 1. The summed E-state index contributed by atoms with van der Waals surface area (Å²) in [6.07, 6.45) is 0. The molecule has 0 fully saturated rings. The molecule has 0 atom stereocenters. The Labute approximate surface area is 124 Å². The fraction of sp³-hybridized carbons (Fsp3) is 0.250. The third kappa shape index (κ3) is 4.03. The Morgan fingerprint density at radius 1 is 1.29 bits per heavy atom. The van der Waals surface area contributed by atoms with Crippen LogP contribution in [0.1, 0.15) is 21.6 Å². The second kappa shape index (κ2) is 6.85. The highest BCUT2D eigenvalue weighted by Crippen LogP contribution is 2.15. The molecule has 0 aliphatic heterocycles. The smallest absolute Gasteiger partial charge is 0.255 e. The van der Waals surface area contributed by atoms with Crippen LogP contribution in [0.25, 0.3) is 0 Å². The lowest BCUT2D eigenvalue weighted by molar-refractivity contribution is 0.102. The molecule has 0 radical (unpaired) electrons. The number of hydrogen-bond donors (Lipinski definition) is 2. The second-order valence-electron chi connectivity index (χ2n) is 4.72. The zero-order valence-corrected chi connectivity index (χ0v) is 12.4. The molecule has 110 valence electrons. The van der Waals surface area contributed by atoms with E-state index in [-0.39, 0.29) is 5.91 Å². The van der Waals surface area contributed by atoms with Crippen LogP contribution in [-0.2, 0) is 11.3 Å². The Hall–Kier alpha value is -2.40. The van der Waals surface area contributed by atoms with Crippen LogP contribution in [0.4, 0.5) is 11.5 Å². The fourth-order valence-corrected chi connectivity index (χ4v) is 2.04. The summed E-state index contributed by atoms with van der Waals surface area (Å²) in [5.74, 6) is 0.514. The van der Waals surface area contributed by atoms with Gasteiger partial charge in [0, 0.05) is 31.1 Å². The number of nitrogens with one attached hydrogen (secondary N) is 2. The second-order valence-corrected chi connectivity index (χ2v) is 4.72. The maximum Gasteiger partial charge on any atom is 0.255 e. The summed E-state index contributed by atoms with van der Waals surface area (Å²) in [5, 5.41) is 5.83. The van der Waals surface area contributed by atoms with Crippen molar-refractivity contribution in [1.82, 2.24) is 4.98 Å². The van der Waals surface area contributed by atoms with Gasteiger partial charge in [-0.05, 0) is 36.8 Å². The summed E-state index contributed by atoms with van der Waals surface area (Å²) >= 11 is 0. The van der Waals surface area contributed by atoms with E-state index < -0.39 is 0 Å². The van der Waals surface area contributed by atoms with Crippen LogP contribution in [0.5, 0.6) is 0 Å². The van der Waals surface area contributed by atoms with Crippen LogP contribution in [0, 0.1) is 6.92 Å². The van der Waals surface area contributed by atoms with E-state index in [0.717, 1.165) is 16.9 Å². The van der Waals surface area contributed by atoms with Crippen molar-refractivity contribution in [1.29, 1.82) is 0 Å². The number of pyridine rings is 1. The van der Waals surface area contributed by atoms with Crippen LogP contribution in [0.2, 0.25) is 0 Å². The summed E-state index contributed by atoms with van der Waals surface area (Å²) in [5.41, 5.74) is 3.12. The van der Waals surface area contributed by atoms with E-state index in [0.29, 0.717) is 18.0 Å². The van der Waals surface area contributed by atoms with Gasteiger partial charge in [0.05, 0.1) is 6.61 Å². The minimum atomic E-state index is -0.161. The molecule has 2 N–H and O–H groups in total. The van der Waals surface area contributed by atoms with Crippen LogP contribution >= 0.6 is 0 Å². The number of rotatable bonds is 5. The zero-order valence-electron chi connectivity index (χ0n) is 12.4. The Kier molecular flexibility index (Phi) is 4.90. The number of aryl methyl sites for hydroxylation is 1. The van der Waals surface area contributed by atoms with E-state index in [1.165, 1.54) is 0 Å². The van der Waals surface area contributed by atoms with Gasteiger partial charge in [0.2, 0.25) is 0 Å². The van der Waals surface area contributed by atoms with Gasteiger partial charge in [-0.1, -0.05) is 12.1 Å². The van der Waals surface area contributed by atoms with Gasteiger partial charge >= 0.3 is 0 Å². The summed E-state index contributed by atoms with van der Waals surface area (Å²) in [4.78, 5) is 16.6. The summed E-state index contributed by atoms with van der Waals surface area (Å²) < 4.78 is 5.09. The first-order valence-electron chi connectivity index (χ1n) is 6.68. The SMILES string of the molecule is CNc1cc(C(=O)Nc2cccc(COC)c2)cc(C)n1. The third-order valence-corrected chi connectivity index (χ3v) is 2.97. The molecule has 0 bridgehead atoms. The number of aromatic nitrogens is 1. The largest absolute Gasteiger partial charge is 0.380 e. The van der Waals surface area contributed by atoms with Gasteiger partial charge in [-0.2, -0.15) is 0 Å². The third-order valence-electron chi connectivity index (χ3n) is 2.97. The van der Waals surface area contributed by atoms with E-state index in [1.54, 1.807) is 26.3 Å². The number of hydrogen-bond acceptors (Lipinski definition) is 4. The number of carbonyl (C=O) groups excluding carboxylic acids is 1. The van der Waals surface area contributed by atoms with E-state index in [9.17, 15) is 4.79 Å². The van der Waals surface area contributed by atoms with Crippen molar-refractivity contribution in [3.63, 3.8) is 0 Å². The minimum absolute atomic E-state index is 0.161. The van der Waals surface area contributed by atoms with Crippen LogP contribution in [0.3, 0.4) is 0 Å². The average molecular weight is 285 g/mol. The standard InChI is InChI=1S/C16H19N3O2/c1-11-7-13(9-15(17-2)18-11)16(20)19-14-6-4-5-12(8-14)10-21-3/h4-9H,10H2,1-3H3,(H,17,18)(H,19,20). The predicted molar refractivity (Wildman–Crippen MR) is 83.6 cm³/mol. The lowest BCUT2D eigenvalue weighted by atomic mass is 10.2. The molecule has 0 spiro atoms. The first-order chi connectivity index (χ1) is 10.1. The highest BCUT2D eigenvalue weighted by molar-refractivity contribution is 6.04. The Morgan fingerprint density at radius 2 is 2.10 bits per heavy atom. The molecule has 0 unspecified atom stereocenters. The highest BCUT2D eigenvalue weighted by Gasteiger charge is 2.09. The van der Waals surface area contributed by atoms with Crippen molar-refractivity contribution in [3.8, 4) is 0 Å². The lowest BCUT2D eigenvalue weighted by Gasteiger charge is -2.09. The molecule has 5 heteroatoms. The maximum atomic E-state index is 12.3. The molecule has 1 aromatic heterocycles. The molecule has 2 aromatic rings. The minimum Gasteiger partial charge on any atom is -0.380 e. The Bertz CT molecular complexity index is 641. The van der Waals surface area contributed by atoms with Crippen molar-refractivity contribution in [2.45, 2.75) is 13.5 Å². The van der Waals surface area contributed by atoms with Crippen LogP contribution in [-0.4, -0.2) is 25.0 Å². The Morgan fingerprint density at radius 3 is 2.81 bits per heavy atom. The van der Waals surface area contributed by atoms with Crippen molar-refractivity contribution in [2.24, 2.45) is 0 Å². The number of ether oxygens (including phenoxy) is 1. The molecule has 5 nitrogen and oxygen atoms in total. The first-order valence-corrected chi connectivity index (χ1v) is 6.68. The zero-order chi connectivity index (χ0) is 15.2. The van der Waals surface area contributed by atoms with Gasteiger partial charge < -0.3 is 15.4 Å². The molecule has 0 saturated carbocycles. The molecule has 1 amide bonds. The molecule has 21 heavy (non-hydrogen) atoms. The Balaban J connectivity index is 2.17. The molecule has 1 heterocycles. The van der Waals surface area contributed by atoms with E-state index in [1.807, 2.05) is 31.2 Å². The van der Waals surface area contributed by atoms with Gasteiger partial charge in [-0.3, -0.25) is 4.79 Å². The lowest BCUT2D eigenvalue weighted by Crippen LogP contribution is -2.13. The van der Waals surface area contributed by atoms with E-state index >= 15 is 0 Å². The molecule has 0 saturated heterocycles. The summed E-state index contributed by atoms with van der Waals surface area (Å²) in [6, 6.07) is 11.1. The van der Waals surface area contributed by atoms with Gasteiger partial charge in [0.1, 0.15) is 5.82 Å². The number of benzene rings is 1. The van der Waals surface area contributed by atoms with E-state index in [2.05, 4.69) is 15.6 Å². The van der Waals surface area contributed by atoms with Gasteiger partial charge in [0.25, 0.3) is 5.91 Å². The monoisotopic (exact) mass is 285 g/mol. The van der Waals surface area contributed by atoms with Crippen LogP contribution < -0.4 is 10.6 Å². The first kappa shape index (κ1) is 15.0. The molecular formula is C16H19N3O2. The number of anilines is 2. The fourth-order valence-electron chi connectivity index (χ4n) is 2.04. The summed E-state index contributed by atoms with van der Waals surface area (Å²) in [6.45, 7) is 2.37. The van der Waals surface area contributed by atoms with Crippen molar-refractivity contribution in [2.75, 3.05) is 24.8 Å². The van der Waals surface area contributed by atoms with E-state index in [4.69, 9.17) is 4.74 Å². The average Bonchev–Trinajstić information content (AvgIpc) is 2.47. The van der Waals surface area contributed by atoms with Crippen molar-refractivity contribution >= 4 is 17.4 Å². The topological polar surface area (TPSA) is 63.2 Å². The van der Waals surface area contributed by atoms with Crippen molar-refractivity contribution < 1.29 is 9.53 Å². The van der Waals surface area contributed by atoms with Crippen LogP contribution in [0.15, 0.2) is 36.4 Å². The van der Waals surface area contributed by atoms with Gasteiger partial charge in [0.15, 0.2) is 0 Å². The predicted octanol–water partition coefficient (Wildman–Crippen LogP) is 2.83. The quantitative estimate of drug-likeness (QED) is 0.886. The number of nitrogens with zero attached hydrogens (tertiary/aromatic N) is 1. The molecule has 1 aromatic carbocycles. The normalized spacial score (nSPS) is 10.2. The number of carbonyl (C=O) groups is 1. The molecular weight excluding hydrogens is 266 g/mol. The van der Waals surface area contributed by atoms with Gasteiger partial charge in [-0.15, -0.1) is 0 Å². The summed E-state index contributed by atoms with van der Waals surface area (Å²) in [7, 11) is 3.42. The van der Waals surface area contributed by atoms with Crippen molar-refractivity contribution in [3.05, 3.63) is 53.2 Å².